The predicted molar refractivity (Wildman–Crippen MR) is 95.9 cm³/mol. The summed E-state index contributed by atoms with van der Waals surface area (Å²) in [5, 5.41) is 6.48. The molecule has 24 heavy (non-hydrogen) atoms. The lowest BCUT2D eigenvalue weighted by atomic mass is 9.93. The van der Waals surface area contributed by atoms with Crippen molar-refractivity contribution in [1.29, 1.82) is 0 Å². The zero-order chi connectivity index (χ0) is 16.4. The summed E-state index contributed by atoms with van der Waals surface area (Å²) in [5.74, 6) is 0.524. The highest BCUT2D eigenvalue weighted by molar-refractivity contribution is 7.09. The molecule has 6 heteroatoms. The van der Waals surface area contributed by atoms with Crippen LogP contribution in [-0.4, -0.2) is 59.0 Å². The molecule has 1 aliphatic carbocycles. The quantitative estimate of drug-likeness (QED) is 0.885. The minimum Gasteiger partial charge on any atom is -0.353 e. The summed E-state index contributed by atoms with van der Waals surface area (Å²) in [4.78, 5) is 21.9. The normalized spacial score (nSPS) is 27.2. The Bertz CT molecular complexity index is 537. The second-order valence-corrected chi connectivity index (χ2v) is 8.53. The van der Waals surface area contributed by atoms with Crippen LogP contribution in [0.1, 0.15) is 43.5 Å². The average molecular weight is 349 g/mol. The second-order valence-electron chi connectivity index (χ2n) is 7.55. The molecule has 1 saturated carbocycles. The zero-order valence-electron chi connectivity index (χ0n) is 14.3. The molecule has 3 heterocycles. The molecule has 132 valence electrons. The lowest BCUT2D eigenvalue weighted by molar-refractivity contribution is -0.127. The highest BCUT2D eigenvalue weighted by Crippen LogP contribution is 2.26. The maximum absolute atomic E-state index is 12.4. The molecule has 0 aromatic carbocycles. The lowest BCUT2D eigenvalue weighted by Crippen LogP contribution is -2.50. The van der Waals surface area contributed by atoms with Crippen molar-refractivity contribution >= 4 is 17.2 Å². The molecule has 1 amide bonds. The number of hydrogen-bond acceptors (Lipinski definition) is 5. The molecule has 0 bridgehead atoms. The molecule has 1 atom stereocenters. The van der Waals surface area contributed by atoms with Crippen LogP contribution < -0.4 is 5.32 Å². The molecule has 4 rings (SSSR count). The van der Waals surface area contributed by atoms with E-state index in [1.807, 2.05) is 6.20 Å². The number of carbonyl (C=O) groups is 1. The van der Waals surface area contributed by atoms with Gasteiger partial charge in [-0.25, -0.2) is 4.98 Å². The van der Waals surface area contributed by atoms with Crippen LogP contribution in [0.3, 0.4) is 0 Å². The summed E-state index contributed by atoms with van der Waals surface area (Å²) in [5.41, 5.74) is 0. The van der Waals surface area contributed by atoms with Gasteiger partial charge in [-0.1, -0.05) is 0 Å². The number of aromatic nitrogens is 1. The van der Waals surface area contributed by atoms with Gasteiger partial charge in [-0.15, -0.1) is 11.3 Å². The van der Waals surface area contributed by atoms with E-state index in [4.69, 9.17) is 0 Å². The molecular weight excluding hydrogens is 320 g/mol. The standard InChI is InChI=1S/C18H28N4OS/c23-18(20-15-3-4-15)14-2-1-8-22(12-14)16-5-9-21(10-6-16)13-17-19-7-11-24-17/h7,11,14-16H,1-6,8-10,12-13H2,(H,20,23). The van der Waals surface area contributed by atoms with Crippen LogP contribution >= 0.6 is 11.3 Å². The highest BCUT2D eigenvalue weighted by atomic mass is 32.1. The van der Waals surface area contributed by atoms with Gasteiger partial charge in [-0.3, -0.25) is 14.6 Å². The molecule has 2 aliphatic heterocycles. The second kappa shape index (κ2) is 7.50. The van der Waals surface area contributed by atoms with Gasteiger partial charge in [0.2, 0.25) is 5.91 Å². The topological polar surface area (TPSA) is 48.5 Å². The summed E-state index contributed by atoms with van der Waals surface area (Å²) < 4.78 is 0. The van der Waals surface area contributed by atoms with Crippen molar-refractivity contribution in [2.24, 2.45) is 5.92 Å². The van der Waals surface area contributed by atoms with Gasteiger partial charge >= 0.3 is 0 Å². The Kier molecular flexibility index (Phi) is 5.15. The molecule has 1 aromatic heterocycles. The number of carbonyl (C=O) groups excluding carboxylic acids is 1. The van der Waals surface area contributed by atoms with Crippen molar-refractivity contribution in [2.75, 3.05) is 26.2 Å². The number of amides is 1. The van der Waals surface area contributed by atoms with E-state index in [9.17, 15) is 4.79 Å². The third-order valence-corrected chi connectivity index (χ3v) is 6.43. The van der Waals surface area contributed by atoms with Crippen molar-refractivity contribution in [1.82, 2.24) is 20.1 Å². The van der Waals surface area contributed by atoms with E-state index in [-0.39, 0.29) is 5.92 Å². The van der Waals surface area contributed by atoms with Crippen LogP contribution in [0.5, 0.6) is 0 Å². The predicted octanol–water partition coefficient (Wildman–Crippen LogP) is 2.10. The third kappa shape index (κ3) is 4.16. The van der Waals surface area contributed by atoms with Crippen molar-refractivity contribution in [3.8, 4) is 0 Å². The van der Waals surface area contributed by atoms with Crippen LogP contribution in [0.25, 0.3) is 0 Å². The van der Waals surface area contributed by atoms with Crippen molar-refractivity contribution in [3.05, 3.63) is 16.6 Å². The maximum Gasteiger partial charge on any atom is 0.224 e. The van der Waals surface area contributed by atoms with E-state index in [1.54, 1.807) is 11.3 Å². The first-order valence-electron chi connectivity index (χ1n) is 9.43. The van der Waals surface area contributed by atoms with Crippen molar-refractivity contribution < 1.29 is 4.79 Å². The Hall–Kier alpha value is -0.980. The van der Waals surface area contributed by atoms with Crippen LogP contribution in [0, 0.1) is 5.92 Å². The fourth-order valence-corrected chi connectivity index (χ4v) is 4.72. The first kappa shape index (κ1) is 16.5. The first-order valence-corrected chi connectivity index (χ1v) is 10.3. The monoisotopic (exact) mass is 348 g/mol. The SMILES string of the molecule is O=C(NC1CC1)C1CCCN(C2CCN(Cc3nccs3)CC2)C1. The average Bonchev–Trinajstić information content (AvgIpc) is 3.28. The van der Waals surface area contributed by atoms with E-state index in [0.29, 0.717) is 18.0 Å². The summed E-state index contributed by atoms with van der Waals surface area (Å²) in [6.07, 6.45) is 8.94. The Morgan fingerprint density at radius 3 is 2.75 bits per heavy atom. The Morgan fingerprint density at radius 2 is 2.04 bits per heavy atom. The molecule has 0 spiro atoms. The number of likely N-dealkylation sites (tertiary alicyclic amines) is 2. The molecule has 5 nitrogen and oxygen atoms in total. The molecule has 1 aromatic rings. The van der Waals surface area contributed by atoms with Crippen LogP contribution in [0.4, 0.5) is 0 Å². The van der Waals surface area contributed by atoms with E-state index < -0.39 is 0 Å². The van der Waals surface area contributed by atoms with Crippen LogP contribution in [-0.2, 0) is 11.3 Å². The molecule has 0 radical (unpaired) electrons. The van der Waals surface area contributed by atoms with E-state index in [0.717, 1.165) is 32.6 Å². The largest absolute Gasteiger partial charge is 0.353 e. The number of nitrogens with zero attached hydrogens (tertiary/aromatic N) is 3. The molecule has 2 saturated heterocycles. The van der Waals surface area contributed by atoms with Crippen molar-refractivity contribution in [2.45, 2.75) is 57.2 Å². The summed E-state index contributed by atoms with van der Waals surface area (Å²) in [6.45, 7) is 5.44. The van der Waals surface area contributed by atoms with Gasteiger partial charge in [-0.2, -0.15) is 0 Å². The number of nitrogens with one attached hydrogen (secondary N) is 1. The minimum absolute atomic E-state index is 0.215. The molecule has 3 aliphatic rings. The summed E-state index contributed by atoms with van der Waals surface area (Å²) in [6, 6.07) is 1.15. The third-order valence-electron chi connectivity index (χ3n) is 5.66. The van der Waals surface area contributed by atoms with Gasteiger partial charge in [0, 0.05) is 43.3 Å². The van der Waals surface area contributed by atoms with E-state index in [2.05, 4.69) is 25.5 Å². The van der Waals surface area contributed by atoms with Crippen molar-refractivity contribution in [3.63, 3.8) is 0 Å². The lowest BCUT2D eigenvalue weighted by Gasteiger charge is -2.41. The van der Waals surface area contributed by atoms with Gasteiger partial charge in [0.25, 0.3) is 0 Å². The van der Waals surface area contributed by atoms with Gasteiger partial charge in [0.1, 0.15) is 5.01 Å². The van der Waals surface area contributed by atoms with Crippen LogP contribution in [0.15, 0.2) is 11.6 Å². The van der Waals surface area contributed by atoms with Gasteiger partial charge in [0.15, 0.2) is 0 Å². The molecule has 1 unspecified atom stereocenters. The fraction of sp³-hybridized carbons (Fsp3) is 0.778. The highest BCUT2D eigenvalue weighted by Gasteiger charge is 2.33. The smallest absolute Gasteiger partial charge is 0.224 e. The van der Waals surface area contributed by atoms with Gasteiger partial charge < -0.3 is 5.32 Å². The Balaban J connectivity index is 1.24. The number of piperidine rings is 2. The van der Waals surface area contributed by atoms with E-state index >= 15 is 0 Å². The molecule has 1 N–H and O–H groups in total. The first-order chi connectivity index (χ1) is 11.8. The number of rotatable bonds is 5. The minimum atomic E-state index is 0.215. The van der Waals surface area contributed by atoms with Gasteiger partial charge in [0.05, 0.1) is 12.5 Å². The van der Waals surface area contributed by atoms with Crippen LogP contribution in [0.2, 0.25) is 0 Å². The zero-order valence-corrected chi connectivity index (χ0v) is 15.1. The molecular formula is C18H28N4OS. The Labute approximate surface area is 148 Å². The fourth-order valence-electron chi connectivity index (χ4n) is 4.06. The summed E-state index contributed by atoms with van der Waals surface area (Å²) in [7, 11) is 0. The summed E-state index contributed by atoms with van der Waals surface area (Å²) >= 11 is 1.75. The van der Waals surface area contributed by atoms with E-state index in [1.165, 1.54) is 43.7 Å². The van der Waals surface area contributed by atoms with Gasteiger partial charge in [-0.05, 0) is 45.1 Å². The number of thiazole rings is 1. The number of hydrogen-bond donors (Lipinski definition) is 1. The molecule has 3 fully saturated rings. The Morgan fingerprint density at radius 1 is 1.21 bits per heavy atom. The maximum atomic E-state index is 12.4.